The molecule has 5 rings (SSSR count). The Morgan fingerprint density at radius 1 is 1.02 bits per heavy atom. The minimum Gasteiger partial charge on any atom is -0.387 e. The van der Waals surface area contributed by atoms with Crippen molar-refractivity contribution in [3.8, 4) is 0 Å². The van der Waals surface area contributed by atoms with Crippen LogP contribution in [0.2, 0.25) is 0 Å². The van der Waals surface area contributed by atoms with Crippen LogP contribution in [0, 0.1) is 52.3 Å². The fraction of sp³-hybridized carbons (Fsp3) is 0.941. The maximum Gasteiger partial charge on any atom is 0.184 e. The quantitative estimate of drug-likeness (QED) is 0.140. The van der Waals surface area contributed by atoms with E-state index in [1.54, 1.807) is 0 Å². The van der Waals surface area contributed by atoms with Crippen molar-refractivity contribution in [1.82, 2.24) is 0 Å². The molecule has 6 unspecified atom stereocenters. The van der Waals surface area contributed by atoms with Crippen LogP contribution >= 0.6 is 12.6 Å². The van der Waals surface area contributed by atoms with Crippen LogP contribution < -0.4 is 0 Å². The Bertz CT molecular complexity index is 942. The van der Waals surface area contributed by atoms with Crippen LogP contribution in [0.1, 0.15) is 106 Å². The molecule has 41 heavy (non-hydrogen) atoms. The van der Waals surface area contributed by atoms with E-state index >= 15 is 0 Å². The third-order valence-electron chi connectivity index (χ3n) is 12.8. The highest BCUT2D eigenvalue weighted by Crippen LogP contribution is 2.68. The minimum absolute atomic E-state index is 0.171. The zero-order valence-electron chi connectivity index (χ0n) is 26.3. The van der Waals surface area contributed by atoms with Crippen LogP contribution in [0.4, 0.5) is 0 Å². The van der Waals surface area contributed by atoms with Crippen LogP contribution in [0.15, 0.2) is 11.6 Å². The van der Waals surface area contributed by atoms with E-state index in [0.29, 0.717) is 11.3 Å². The third-order valence-corrected chi connectivity index (χ3v) is 13.2. The van der Waals surface area contributed by atoms with Crippen LogP contribution in [0.3, 0.4) is 0 Å². The van der Waals surface area contributed by atoms with Crippen molar-refractivity contribution in [1.29, 1.82) is 0 Å². The predicted molar refractivity (Wildman–Crippen MR) is 164 cm³/mol. The molecule has 3 saturated carbocycles. The summed E-state index contributed by atoms with van der Waals surface area (Å²) in [4.78, 5) is 0. The lowest BCUT2D eigenvalue weighted by Gasteiger charge is -2.58. The molecule has 0 bridgehead atoms. The number of rotatable bonds is 8. The molecule has 0 amide bonds. The highest BCUT2D eigenvalue weighted by molar-refractivity contribution is 7.80. The Balaban J connectivity index is 1.25. The number of allylic oxidation sites excluding steroid dienone is 1. The van der Waals surface area contributed by atoms with Gasteiger partial charge in [-0.2, -0.15) is 0 Å². The van der Waals surface area contributed by atoms with Gasteiger partial charge in [0.1, 0.15) is 29.9 Å². The molecule has 0 aromatic carbocycles. The number of thiol groups is 1. The van der Waals surface area contributed by atoms with E-state index in [-0.39, 0.29) is 11.5 Å². The molecule has 236 valence electrons. The monoisotopic (exact) mass is 594 g/mol. The van der Waals surface area contributed by atoms with Crippen molar-refractivity contribution in [2.24, 2.45) is 52.3 Å². The number of fused-ring (bicyclic) bond motifs is 5. The molecule has 4 aliphatic carbocycles. The van der Waals surface area contributed by atoms with Gasteiger partial charge in [0, 0.05) is 0 Å². The van der Waals surface area contributed by atoms with Gasteiger partial charge in [-0.25, -0.2) is 0 Å². The molecule has 0 aromatic heterocycles. The Morgan fingerprint density at radius 2 is 1.76 bits per heavy atom. The zero-order chi connectivity index (χ0) is 29.9. The average Bonchev–Trinajstić information content (AvgIpc) is 3.19. The van der Waals surface area contributed by atoms with Crippen LogP contribution in [-0.4, -0.2) is 62.7 Å². The third kappa shape index (κ3) is 5.84. The normalized spacial score (nSPS) is 49.6. The average molecular weight is 595 g/mol. The van der Waals surface area contributed by atoms with Gasteiger partial charge in [0.25, 0.3) is 0 Å². The van der Waals surface area contributed by atoms with Gasteiger partial charge >= 0.3 is 0 Å². The minimum atomic E-state index is -1.45. The number of hydrogen-bond acceptors (Lipinski definition) is 7. The highest BCUT2D eigenvalue weighted by atomic mass is 32.1. The molecule has 6 nitrogen and oxygen atoms in total. The summed E-state index contributed by atoms with van der Waals surface area (Å²) in [6, 6.07) is 0. The fourth-order valence-electron chi connectivity index (χ4n) is 10.8. The summed E-state index contributed by atoms with van der Waals surface area (Å²) >= 11 is 4.15. The molecule has 1 heterocycles. The SMILES string of the molecule is CC(C)CCCC(C)C1[C@H](C)CC2C3CC=C4C[C@H](OC(O)[C@@H]5O[C@@H](S)[C@H](O)[C@@H](O)[C@H]5O)CC[C@]4(C)C3CC[C@@]21C. The summed E-state index contributed by atoms with van der Waals surface area (Å²) in [6.07, 6.45) is 7.52. The number of ether oxygens (including phenoxy) is 2. The summed E-state index contributed by atoms with van der Waals surface area (Å²) in [5.74, 6) is 5.50. The zero-order valence-corrected chi connectivity index (χ0v) is 27.2. The molecule has 0 radical (unpaired) electrons. The molecule has 4 fully saturated rings. The summed E-state index contributed by atoms with van der Waals surface area (Å²) in [6.45, 7) is 14.9. The maximum atomic E-state index is 10.8. The molecular weight excluding hydrogens is 536 g/mol. The predicted octanol–water partition coefficient (Wildman–Crippen LogP) is 5.71. The van der Waals surface area contributed by atoms with Crippen LogP contribution in [-0.2, 0) is 9.47 Å². The second kappa shape index (κ2) is 12.3. The van der Waals surface area contributed by atoms with Crippen molar-refractivity contribution >= 4 is 12.6 Å². The first-order valence-corrected chi connectivity index (χ1v) is 17.2. The van der Waals surface area contributed by atoms with Crippen LogP contribution in [0.5, 0.6) is 0 Å². The molecule has 7 heteroatoms. The van der Waals surface area contributed by atoms with E-state index in [0.717, 1.165) is 61.2 Å². The van der Waals surface area contributed by atoms with Crippen LogP contribution in [0.25, 0.3) is 0 Å². The fourth-order valence-corrected chi connectivity index (χ4v) is 11.1. The molecule has 0 spiro atoms. The molecule has 1 saturated heterocycles. The van der Waals surface area contributed by atoms with E-state index < -0.39 is 36.1 Å². The van der Waals surface area contributed by atoms with Gasteiger partial charge in [-0.15, -0.1) is 12.6 Å². The van der Waals surface area contributed by atoms with E-state index in [1.165, 1.54) is 44.1 Å². The second-order valence-electron chi connectivity index (χ2n) is 15.7. The standard InChI is InChI=1S/C34H58O6S/c1-18(2)8-7-9-19(3)26-20(4)16-25-23-11-10-21-17-22(12-14-33(21,5)24(23)13-15-34(25,26)6)39-31(38)30-28(36)27(35)29(37)32(41)40-30/h10,18-20,22-32,35-38,41H,7-9,11-17H2,1-6H3/t19?,20-,22-,23?,24?,25?,26?,27+,28-,29-,30-,31?,32+,33+,34+/m1/s1. The first-order valence-electron chi connectivity index (χ1n) is 16.7. The first kappa shape index (κ1) is 32.2. The van der Waals surface area contributed by atoms with Gasteiger partial charge in [-0.3, -0.25) is 0 Å². The van der Waals surface area contributed by atoms with Gasteiger partial charge in [0.15, 0.2) is 6.29 Å². The molecule has 15 atom stereocenters. The summed E-state index contributed by atoms with van der Waals surface area (Å²) in [7, 11) is 0. The molecule has 5 aliphatic rings. The smallest absolute Gasteiger partial charge is 0.184 e. The topological polar surface area (TPSA) is 99.4 Å². The summed E-state index contributed by atoms with van der Waals surface area (Å²) in [5, 5.41) is 41.3. The van der Waals surface area contributed by atoms with Gasteiger partial charge in [-0.1, -0.05) is 72.5 Å². The molecule has 4 N–H and O–H groups in total. The van der Waals surface area contributed by atoms with Gasteiger partial charge in [0.05, 0.1) is 6.10 Å². The largest absolute Gasteiger partial charge is 0.387 e. The lowest BCUT2D eigenvalue weighted by atomic mass is 9.47. The van der Waals surface area contributed by atoms with Gasteiger partial charge in [-0.05, 0) is 97.2 Å². The van der Waals surface area contributed by atoms with Crippen molar-refractivity contribution in [3.05, 3.63) is 11.6 Å². The van der Waals surface area contributed by atoms with Gasteiger partial charge < -0.3 is 29.9 Å². The Morgan fingerprint density at radius 3 is 2.46 bits per heavy atom. The number of hydrogen-bond donors (Lipinski definition) is 5. The van der Waals surface area contributed by atoms with Crippen molar-refractivity contribution in [3.63, 3.8) is 0 Å². The summed E-state index contributed by atoms with van der Waals surface area (Å²) in [5.41, 5.74) is 1.11. The second-order valence-corrected chi connectivity index (χ2v) is 16.2. The Kier molecular flexibility index (Phi) is 9.70. The molecule has 1 aliphatic heterocycles. The van der Waals surface area contributed by atoms with E-state index in [2.05, 4.69) is 60.2 Å². The van der Waals surface area contributed by atoms with E-state index in [1.807, 2.05) is 0 Å². The van der Waals surface area contributed by atoms with E-state index in [9.17, 15) is 20.4 Å². The lowest BCUT2D eigenvalue weighted by molar-refractivity contribution is -0.277. The number of aliphatic hydroxyl groups is 4. The maximum absolute atomic E-state index is 10.8. The van der Waals surface area contributed by atoms with E-state index in [4.69, 9.17) is 9.47 Å². The summed E-state index contributed by atoms with van der Waals surface area (Å²) < 4.78 is 11.6. The molecule has 0 aromatic rings. The Labute approximate surface area is 254 Å². The van der Waals surface area contributed by atoms with Crippen molar-refractivity contribution in [2.45, 2.75) is 148 Å². The highest BCUT2D eigenvalue weighted by Gasteiger charge is 2.61. The Hall–Kier alpha value is -0.150. The first-order chi connectivity index (χ1) is 19.3. The van der Waals surface area contributed by atoms with Gasteiger partial charge in [0.2, 0.25) is 0 Å². The number of aliphatic hydroxyl groups excluding tert-OH is 4. The van der Waals surface area contributed by atoms with Crippen molar-refractivity contribution < 1.29 is 29.9 Å². The van der Waals surface area contributed by atoms with Crippen molar-refractivity contribution in [2.75, 3.05) is 0 Å². The lowest BCUT2D eigenvalue weighted by Crippen LogP contribution is -2.60. The molecular formula is C34H58O6S.